The second kappa shape index (κ2) is 6.01. The zero-order valence-electron chi connectivity index (χ0n) is 9.89. The van der Waals surface area contributed by atoms with Crippen molar-refractivity contribution in [3.05, 3.63) is 59.0 Å². The Morgan fingerprint density at radius 2 is 1.78 bits per heavy atom. The van der Waals surface area contributed by atoms with Crippen LogP contribution >= 0.6 is 0 Å². The van der Waals surface area contributed by atoms with Crippen molar-refractivity contribution in [2.24, 2.45) is 0 Å². The molecule has 0 aliphatic heterocycles. The van der Waals surface area contributed by atoms with Crippen LogP contribution in [0.2, 0.25) is 0 Å². The van der Waals surface area contributed by atoms with Gasteiger partial charge in [-0.2, -0.15) is 5.26 Å². The molecule has 0 radical (unpaired) electrons. The summed E-state index contributed by atoms with van der Waals surface area (Å²) in [5.74, 6) is 1.08. The Bertz CT molecular complexity index is 538. The molecule has 0 aliphatic rings. The fourth-order valence-electron chi connectivity index (χ4n) is 1.63. The van der Waals surface area contributed by atoms with E-state index in [-0.39, 0.29) is 6.61 Å². The molecule has 0 unspecified atom stereocenters. The molecular formula is C14H14N2O2. The van der Waals surface area contributed by atoms with Crippen molar-refractivity contribution in [3.63, 3.8) is 0 Å². The molecule has 92 valence electrons. The summed E-state index contributed by atoms with van der Waals surface area (Å²) in [7, 11) is 0. The molecule has 4 heteroatoms. The average Bonchev–Trinajstić information content (AvgIpc) is 2.87. The summed E-state index contributed by atoms with van der Waals surface area (Å²) in [5.41, 5.74) is 2.04. The van der Waals surface area contributed by atoms with Crippen molar-refractivity contribution >= 4 is 0 Å². The van der Waals surface area contributed by atoms with Gasteiger partial charge in [0, 0.05) is 6.54 Å². The lowest BCUT2D eigenvalue weighted by molar-refractivity contribution is 0.282. The molecule has 1 aromatic heterocycles. The topological polar surface area (TPSA) is 69.2 Å². The summed E-state index contributed by atoms with van der Waals surface area (Å²) < 4.78 is 5.25. The van der Waals surface area contributed by atoms with Crippen LogP contribution in [0.5, 0.6) is 0 Å². The number of nitriles is 1. The van der Waals surface area contributed by atoms with E-state index < -0.39 is 0 Å². The van der Waals surface area contributed by atoms with Gasteiger partial charge in [-0.3, -0.25) is 0 Å². The number of hydrogen-bond donors (Lipinski definition) is 2. The van der Waals surface area contributed by atoms with Crippen molar-refractivity contribution in [3.8, 4) is 6.07 Å². The second-order valence-corrected chi connectivity index (χ2v) is 3.96. The SMILES string of the molecule is N#Cc1ccc(CNCc2ccc(CO)cc2)o1. The summed E-state index contributed by atoms with van der Waals surface area (Å²) in [6.45, 7) is 1.37. The zero-order chi connectivity index (χ0) is 12.8. The highest BCUT2D eigenvalue weighted by molar-refractivity contribution is 5.22. The highest BCUT2D eigenvalue weighted by Gasteiger charge is 2.00. The van der Waals surface area contributed by atoms with Crippen LogP contribution < -0.4 is 5.32 Å². The molecule has 2 rings (SSSR count). The Kier molecular flexibility index (Phi) is 4.13. The number of aliphatic hydroxyl groups excluding tert-OH is 1. The van der Waals surface area contributed by atoms with Gasteiger partial charge in [0.1, 0.15) is 11.8 Å². The number of nitrogens with one attached hydrogen (secondary N) is 1. The third-order valence-corrected chi connectivity index (χ3v) is 2.61. The predicted molar refractivity (Wildman–Crippen MR) is 66.3 cm³/mol. The van der Waals surface area contributed by atoms with E-state index in [1.807, 2.05) is 30.3 Å². The van der Waals surface area contributed by atoms with Crippen LogP contribution in [0.15, 0.2) is 40.8 Å². The normalized spacial score (nSPS) is 10.2. The van der Waals surface area contributed by atoms with Crippen molar-refractivity contribution in [2.75, 3.05) is 0 Å². The van der Waals surface area contributed by atoms with Crippen LogP contribution in [0.1, 0.15) is 22.6 Å². The summed E-state index contributed by atoms with van der Waals surface area (Å²) in [6, 6.07) is 13.2. The van der Waals surface area contributed by atoms with Gasteiger partial charge < -0.3 is 14.8 Å². The largest absolute Gasteiger partial charge is 0.449 e. The summed E-state index contributed by atoms with van der Waals surface area (Å²) in [5, 5.41) is 20.8. The van der Waals surface area contributed by atoms with Crippen LogP contribution in [0.25, 0.3) is 0 Å². The molecule has 0 spiro atoms. The highest BCUT2D eigenvalue weighted by atomic mass is 16.3. The Labute approximate surface area is 105 Å². The number of aliphatic hydroxyl groups is 1. The molecule has 18 heavy (non-hydrogen) atoms. The molecule has 1 aromatic carbocycles. The maximum absolute atomic E-state index is 8.92. The minimum atomic E-state index is 0.0665. The van der Waals surface area contributed by atoms with E-state index in [2.05, 4.69) is 5.32 Å². The van der Waals surface area contributed by atoms with Gasteiger partial charge in [-0.1, -0.05) is 24.3 Å². The van der Waals surface area contributed by atoms with E-state index >= 15 is 0 Å². The van der Waals surface area contributed by atoms with Crippen molar-refractivity contribution in [1.29, 1.82) is 5.26 Å². The van der Waals surface area contributed by atoms with Gasteiger partial charge in [0.25, 0.3) is 0 Å². The monoisotopic (exact) mass is 242 g/mol. The molecule has 0 fully saturated rings. The number of nitrogens with zero attached hydrogens (tertiary/aromatic N) is 1. The lowest BCUT2D eigenvalue weighted by Crippen LogP contribution is -2.12. The molecule has 2 N–H and O–H groups in total. The smallest absolute Gasteiger partial charge is 0.203 e. The van der Waals surface area contributed by atoms with Crippen molar-refractivity contribution in [1.82, 2.24) is 5.32 Å². The van der Waals surface area contributed by atoms with E-state index in [1.165, 1.54) is 0 Å². The van der Waals surface area contributed by atoms with E-state index in [1.54, 1.807) is 12.1 Å². The lowest BCUT2D eigenvalue weighted by atomic mass is 10.1. The number of hydrogen-bond acceptors (Lipinski definition) is 4. The summed E-state index contributed by atoms with van der Waals surface area (Å²) in [4.78, 5) is 0. The van der Waals surface area contributed by atoms with Crippen LogP contribution in [0.3, 0.4) is 0 Å². The average molecular weight is 242 g/mol. The van der Waals surface area contributed by atoms with Crippen LogP contribution in [-0.4, -0.2) is 5.11 Å². The van der Waals surface area contributed by atoms with Crippen LogP contribution in [0, 0.1) is 11.3 Å². The van der Waals surface area contributed by atoms with Gasteiger partial charge in [-0.05, 0) is 23.3 Å². The number of furan rings is 1. The van der Waals surface area contributed by atoms with Gasteiger partial charge in [0.05, 0.1) is 13.2 Å². The molecule has 1 heterocycles. The minimum absolute atomic E-state index is 0.0665. The molecular weight excluding hydrogens is 228 g/mol. The van der Waals surface area contributed by atoms with E-state index in [9.17, 15) is 0 Å². The number of benzene rings is 1. The van der Waals surface area contributed by atoms with E-state index in [0.717, 1.165) is 16.9 Å². The molecule has 0 bridgehead atoms. The first kappa shape index (κ1) is 12.4. The number of rotatable bonds is 5. The Morgan fingerprint density at radius 3 is 2.39 bits per heavy atom. The highest BCUT2D eigenvalue weighted by Crippen LogP contribution is 2.07. The first-order chi connectivity index (χ1) is 8.81. The van der Waals surface area contributed by atoms with Gasteiger partial charge >= 0.3 is 0 Å². The van der Waals surface area contributed by atoms with Crippen LogP contribution in [-0.2, 0) is 19.7 Å². The van der Waals surface area contributed by atoms with E-state index in [4.69, 9.17) is 14.8 Å². The molecule has 4 nitrogen and oxygen atoms in total. The summed E-state index contributed by atoms with van der Waals surface area (Å²) >= 11 is 0. The first-order valence-electron chi connectivity index (χ1n) is 5.70. The first-order valence-corrected chi connectivity index (χ1v) is 5.70. The third kappa shape index (κ3) is 3.20. The quantitative estimate of drug-likeness (QED) is 0.840. The Balaban J connectivity index is 1.82. The van der Waals surface area contributed by atoms with Gasteiger partial charge in [-0.15, -0.1) is 0 Å². The fraction of sp³-hybridized carbons (Fsp3) is 0.214. The maximum atomic E-state index is 8.92. The van der Waals surface area contributed by atoms with Gasteiger partial charge in [0.15, 0.2) is 0 Å². The molecule has 0 aliphatic carbocycles. The third-order valence-electron chi connectivity index (χ3n) is 2.61. The zero-order valence-corrected chi connectivity index (χ0v) is 9.89. The fourth-order valence-corrected chi connectivity index (χ4v) is 1.63. The molecule has 0 amide bonds. The van der Waals surface area contributed by atoms with Crippen molar-refractivity contribution < 1.29 is 9.52 Å². The van der Waals surface area contributed by atoms with Gasteiger partial charge in [-0.25, -0.2) is 0 Å². The van der Waals surface area contributed by atoms with Crippen LogP contribution in [0.4, 0.5) is 0 Å². The van der Waals surface area contributed by atoms with E-state index in [0.29, 0.717) is 18.8 Å². The Hall–Kier alpha value is -2.09. The standard InChI is InChI=1S/C14H14N2O2/c15-7-13-5-6-14(18-13)9-16-8-11-1-3-12(10-17)4-2-11/h1-6,16-17H,8-10H2. The molecule has 0 saturated carbocycles. The second-order valence-electron chi connectivity index (χ2n) is 3.96. The lowest BCUT2D eigenvalue weighted by Gasteiger charge is -2.04. The molecule has 2 aromatic rings. The van der Waals surface area contributed by atoms with Crippen molar-refractivity contribution in [2.45, 2.75) is 19.7 Å². The minimum Gasteiger partial charge on any atom is -0.449 e. The Morgan fingerprint density at radius 1 is 1.06 bits per heavy atom. The summed E-state index contributed by atoms with van der Waals surface area (Å²) in [6.07, 6.45) is 0. The molecule has 0 saturated heterocycles. The maximum Gasteiger partial charge on any atom is 0.203 e. The molecule has 0 atom stereocenters. The van der Waals surface area contributed by atoms with Gasteiger partial charge in [0.2, 0.25) is 5.76 Å². The predicted octanol–water partition coefficient (Wildman–Crippen LogP) is 1.93.